The van der Waals surface area contributed by atoms with E-state index >= 15 is 0 Å². The number of hydrogen-bond acceptors (Lipinski definition) is 4. The molecule has 1 atom stereocenters. The zero-order chi connectivity index (χ0) is 13.3. The van der Waals surface area contributed by atoms with Crippen LogP contribution in [-0.2, 0) is 14.8 Å². The predicted molar refractivity (Wildman–Crippen MR) is 70.3 cm³/mol. The van der Waals surface area contributed by atoms with Crippen LogP contribution in [0.2, 0.25) is 0 Å². The van der Waals surface area contributed by atoms with Crippen LogP contribution in [0.15, 0.2) is 27.6 Å². The minimum atomic E-state index is -3.72. The number of rotatable bonds is 3. The van der Waals surface area contributed by atoms with Crippen molar-refractivity contribution in [2.75, 3.05) is 12.3 Å². The van der Waals surface area contributed by atoms with Crippen molar-refractivity contribution in [3.63, 3.8) is 0 Å². The summed E-state index contributed by atoms with van der Waals surface area (Å²) in [6.07, 6.45) is 0.146. The van der Waals surface area contributed by atoms with Crippen molar-refractivity contribution in [2.45, 2.75) is 17.4 Å². The Morgan fingerprint density at radius 1 is 1.44 bits per heavy atom. The van der Waals surface area contributed by atoms with E-state index in [-0.39, 0.29) is 22.9 Å². The van der Waals surface area contributed by atoms with Gasteiger partial charge in [-0.05, 0) is 18.2 Å². The van der Waals surface area contributed by atoms with E-state index < -0.39 is 16.1 Å². The Labute approximate surface area is 113 Å². The highest BCUT2D eigenvalue weighted by atomic mass is 79.9. The fourth-order valence-corrected chi connectivity index (χ4v) is 3.62. The van der Waals surface area contributed by atoms with Crippen LogP contribution >= 0.6 is 15.9 Å². The zero-order valence-electron chi connectivity index (χ0n) is 9.31. The van der Waals surface area contributed by atoms with E-state index in [9.17, 15) is 13.2 Å². The second-order valence-electron chi connectivity index (χ2n) is 4.01. The molecule has 0 aromatic heterocycles. The highest BCUT2D eigenvalue weighted by Crippen LogP contribution is 2.23. The Morgan fingerprint density at radius 3 is 2.78 bits per heavy atom. The Balaban J connectivity index is 2.25. The van der Waals surface area contributed by atoms with Crippen LogP contribution in [0.4, 0.5) is 5.69 Å². The number of amides is 1. The molecule has 1 aromatic rings. The summed E-state index contributed by atoms with van der Waals surface area (Å²) < 4.78 is 27.3. The first-order valence-electron chi connectivity index (χ1n) is 5.22. The number of benzene rings is 1. The van der Waals surface area contributed by atoms with Gasteiger partial charge in [-0.25, -0.2) is 13.1 Å². The Kier molecular flexibility index (Phi) is 3.60. The van der Waals surface area contributed by atoms with Gasteiger partial charge in [0, 0.05) is 23.5 Å². The average molecular weight is 334 g/mol. The standard InChI is InChI=1S/C10H12BrN3O3S/c11-6-1-2-8(12)9(3-6)18(16,17)14-7-4-10(15)13-5-7/h1-3,7,14H,4-5,12H2,(H,13,15). The number of anilines is 1. The lowest BCUT2D eigenvalue weighted by atomic mass is 10.3. The van der Waals surface area contributed by atoms with Crippen LogP contribution in [0.1, 0.15) is 6.42 Å². The summed E-state index contributed by atoms with van der Waals surface area (Å²) in [7, 11) is -3.72. The topological polar surface area (TPSA) is 101 Å². The third kappa shape index (κ3) is 2.82. The molecule has 1 heterocycles. The number of halogens is 1. The number of carbonyl (C=O) groups excluding carboxylic acids is 1. The maximum Gasteiger partial charge on any atom is 0.242 e. The van der Waals surface area contributed by atoms with Gasteiger partial charge < -0.3 is 11.1 Å². The first-order valence-corrected chi connectivity index (χ1v) is 7.50. The number of nitrogen functional groups attached to an aromatic ring is 1. The first-order chi connectivity index (χ1) is 8.38. The van der Waals surface area contributed by atoms with Crippen LogP contribution < -0.4 is 15.8 Å². The number of nitrogens with two attached hydrogens (primary N) is 1. The average Bonchev–Trinajstić information content (AvgIpc) is 2.66. The van der Waals surface area contributed by atoms with Crippen molar-refractivity contribution in [1.82, 2.24) is 10.0 Å². The Bertz CT molecular complexity index is 588. The van der Waals surface area contributed by atoms with Crippen molar-refractivity contribution in [1.29, 1.82) is 0 Å². The minimum absolute atomic E-state index is 0.0104. The van der Waals surface area contributed by atoms with Gasteiger partial charge >= 0.3 is 0 Å². The summed E-state index contributed by atoms with van der Waals surface area (Å²) in [5, 5.41) is 2.56. The maximum absolute atomic E-state index is 12.1. The third-order valence-corrected chi connectivity index (χ3v) is 4.63. The van der Waals surface area contributed by atoms with Gasteiger partial charge in [0.1, 0.15) is 4.90 Å². The molecule has 0 bridgehead atoms. The lowest BCUT2D eigenvalue weighted by Crippen LogP contribution is -2.36. The summed E-state index contributed by atoms with van der Waals surface area (Å²) in [5.74, 6) is -0.162. The van der Waals surface area contributed by atoms with E-state index in [0.29, 0.717) is 11.0 Å². The van der Waals surface area contributed by atoms with E-state index in [1.165, 1.54) is 12.1 Å². The molecule has 1 saturated heterocycles. The van der Waals surface area contributed by atoms with E-state index in [4.69, 9.17) is 5.73 Å². The molecule has 0 aliphatic carbocycles. The third-order valence-electron chi connectivity index (χ3n) is 2.56. The van der Waals surface area contributed by atoms with E-state index in [1.54, 1.807) is 6.07 Å². The Hall–Kier alpha value is -1.12. The molecule has 1 fully saturated rings. The second-order valence-corrected chi connectivity index (χ2v) is 6.61. The summed E-state index contributed by atoms with van der Waals surface area (Å²) in [6.45, 7) is 0.298. The molecule has 18 heavy (non-hydrogen) atoms. The monoisotopic (exact) mass is 333 g/mol. The number of hydrogen-bond donors (Lipinski definition) is 3. The van der Waals surface area contributed by atoms with Gasteiger partial charge in [0.2, 0.25) is 15.9 Å². The predicted octanol–water partition coefficient (Wildman–Crippen LogP) is 0.198. The van der Waals surface area contributed by atoms with Gasteiger partial charge in [-0.2, -0.15) is 0 Å². The summed E-state index contributed by atoms with van der Waals surface area (Å²) in [6, 6.07) is 4.17. The quantitative estimate of drug-likeness (QED) is 0.687. The van der Waals surface area contributed by atoms with Crippen molar-refractivity contribution in [2.24, 2.45) is 0 Å². The van der Waals surface area contributed by atoms with E-state index in [0.717, 1.165) is 0 Å². The molecule has 1 aromatic carbocycles. The smallest absolute Gasteiger partial charge is 0.242 e. The molecule has 2 rings (SSSR count). The summed E-state index contributed by atoms with van der Waals surface area (Å²) in [5.41, 5.74) is 5.82. The number of carbonyl (C=O) groups is 1. The molecule has 0 saturated carbocycles. The highest BCUT2D eigenvalue weighted by Gasteiger charge is 2.27. The highest BCUT2D eigenvalue weighted by molar-refractivity contribution is 9.10. The van der Waals surface area contributed by atoms with Gasteiger partial charge in [0.25, 0.3) is 0 Å². The van der Waals surface area contributed by atoms with E-state index in [1.807, 2.05) is 0 Å². The van der Waals surface area contributed by atoms with Gasteiger partial charge in [-0.3, -0.25) is 4.79 Å². The van der Waals surface area contributed by atoms with E-state index in [2.05, 4.69) is 26.0 Å². The Morgan fingerprint density at radius 2 is 2.17 bits per heavy atom. The zero-order valence-corrected chi connectivity index (χ0v) is 11.7. The summed E-state index contributed by atoms with van der Waals surface area (Å²) >= 11 is 3.20. The van der Waals surface area contributed by atoms with Crippen LogP contribution in [0.5, 0.6) is 0 Å². The fraction of sp³-hybridized carbons (Fsp3) is 0.300. The molecular weight excluding hydrogens is 322 g/mol. The lowest BCUT2D eigenvalue weighted by Gasteiger charge is -2.13. The maximum atomic E-state index is 12.1. The summed E-state index contributed by atoms with van der Waals surface area (Å²) in [4.78, 5) is 11.0. The van der Waals surface area contributed by atoms with Crippen LogP contribution in [-0.4, -0.2) is 26.9 Å². The molecule has 8 heteroatoms. The molecule has 0 radical (unpaired) electrons. The van der Waals surface area contributed by atoms with Gasteiger partial charge in [0.05, 0.1) is 5.69 Å². The van der Waals surface area contributed by atoms with Crippen molar-refractivity contribution in [3.8, 4) is 0 Å². The lowest BCUT2D eigenvalue weighted by molar-refractivity contribution is -0.119. The normalized spacial score (nSPS) is 19.8. The van der Waals surface area contributed by atoms with Crippen molar-refractivity contribution in [3.05, 3.63) is 22.7 Å². The fourth-order valence-electron chi connectivity index (χ4n) is 1.71. The van der Waals surface area contributed by atoms with Crippen LogP contribution in [0.3, 0.4) is 0 Å². The van der Waals surface area contributed by atoms with Gasteiger partial charge in [-0.1, -0.05) is 15.9 Å². The molecule has 6 nitrogen and oxygen atoms in total. The molecule has 4 N–H and O–H groups in total. The molecule has 1 unspecified atom stereocenters. The SMILES string of the molecule is Nc1ccc(Br)cc1S(=O)(=O)NC1CNC(=O)C1. The van der Waals surface area contributed by atoms with Crippen LogP contribution in [0, 0.1) is 0 Å². The number of sulfonamides is 1. The minimum Gasteiger partial charge on any atom is -0.398 e. The van der Waals surface area contributed by atoms with Crippen LogP contribution in [0.25, 0.3) is 0 Å². The first kappa shape index (κ1) is 13.3. The molecule has 98 valence electrons. The second kappa shape index (κ2) is 4.87. The molecular formula is C10H12BrN3O3S. The van der Waals surface area contributed by atoms with Crippen molar-refractivity contribution < 1.29 is 13.2 Å². The molecule has 1 amide bonds. The van der Waals surface area contributed by atoms with Crippen molar-refractivity contribution >= 4 is 37.5 Å². The van der Waals surface area contributed by atoms with Gasteiger partial charge in [-0.15, -0.1) is 0 Å². The molecule has 1 aliphatic rings. The molecule has 0 spiro atoms. The largest absolute Gasteiger partial charge is 0.398 e. The number of nitrogens with one attached hydrogen (secondary N) is 2. The molecule has 1 aliphatic heterocycles. The van der Waals surface area contributed by atoms with Gasteiger partial charge in [0.15, 0.2) is 0 Å².